The highest BCUT2D eigenvalue weighted by molar-refractivity contribution is 5.97. The van der Waals surface area contributed by atoms with E-state index in [2.05, 4.69) is 0 Å². The molecule has 2 rings (SSSR count). The first-order valence-electron chi connectivity index (χ1n) is 5.61. The SMILES string of the molecule is CC(C(=O)c1ccco1)/[N+]([O-])=C/c1ccccc1. The molecule has 1 unspecified atom stereocenters. The number of carbonyl (C=O) groups is 1. The number of benzene rings is 1. The maximum atomic E-state index is 11.9. The Hall–Kier alpha value is -2.36. The fourth-order valence-corrected chi connectivity index (χ4v) is 1.54. The van der Waals surface area contributed by atoms with Crippen LogP contribution in [0.1, 0.15) is 23.0 Å². The lowest BCUT2D eigenvalue weighted by molar-refractivity contribution is -0.474. The van der Waals surface area contributed by atoms with Crippen LogP contribution in [0.5, 0.6) is 0 Å². The molecule has 0 aliphatic heterocycles. The molecular formula is C14H13NO3. The summed E-state index contributed by atoms with van der Waals surface area (Å²) in [6.45, 7) is 1.55. The Bertz CT molecular complexity index is 544. The summed E-state index contributed by atoms with van der Waals surface area (Å²) in [6, 6.07) is 11.5. The predicted molar refractivity (Wildman–Crippen MR) is 67.7 cm³/mol. The lowest BCUT2D eigenvalue weighted by atomic mass is 10.1. The van der Waals surface area contributed by atoms with Gasteiger partial charge in [0.1, 0.15) is 0 Å². The van der Waals surface area contributed by atoms with Crippen LogP contribution in [0, 0.1) is 5.21 Å². The van der Waals surface area contributed by atoms with Crippen LogP contribution in [-0.4, -0.2) is 22.8 Å². The van der Waals surface area contributed by atoms with Crippen molar-refractivity contribution in [2.24, 2.45) is 0 Å². The standard InChI is InChI=1S/C14H13NO3/c1-11(14(16)13-8-5-9-18-13)15(17)10-12-6-3-2-4-7-12/h2-11H,1H3/b15-10-. The van der Waals surface area contributed by atoms with E-state index in [9.17, 15) is 10.0 Å². The third kappa shape index (κ3) is 2.66. The minimum absolute atomic E-state index is 0.199. The topological polar surface area (TPSA) is 56.3 Å². The van der Waals surface area contributed by atoms with Crippen molar-refractivity contribution in [1.82, 2.24) is 0 Å². The Morgan fingerprint density at radius 2 is 2.00 bits per heavy atom. The zero-order chi connectivity index (χ0) is 13.0. The molecule has 0 bridgehead atoms. The number of furan rings is 1. The first-order chi connectivity index (χ1) is 8.68. The minimum Gasteiger partial charge on any atom is -0.623 e. The number of Topliss-reactive ketones (excluding diaryl/α,β-unsaturated/α-hetero) is 1. The molecule has 1 atom stereocenters. The van der Waals surface area contributed by atoms with Crippen molar-refractivity contribution in [2.75, 3.05) is 0 Å². The van der Waals surface area contributed by atoms with Crippen molar-refractivity contribution < 1.29 is 14.0 Å². The van der Waals surface area contributed by atoms with Gasteiger partial charge in [-0.05, 0) is 24.3 Å². The average molecular weight is 243 g/mol. The van der Waals surface area contributed by atoms with Gasteiger partial charge in [-0.2, -0.15) is 0 Å². The fraction of sp³-hybridized carbons (Fsp3) is 0.143. The Morgan fingerprint density at radius 3 is 2.61 bits per heavy atom. The lowest BCUT2D eigenvalue weighted by Gasteiger charge is -2.10. The van der Waals surface area contributed by atoms with Gasteiger partial charge in [0.15, 0.2) is 12.0 Å². The average Bonchev–Trinajstić information content (AvgIpc) is 2.92. The second-order valence-corrected chi connectivity index (χ2v) is 3.92. The van der Waals surface area contributed by atoms with E-state index in [-0.39, 0.29) is 11.5 Å². The smallest absolute Gasteiger partial charge is 0.266 e. The molecule has 1 aromatic carbocycles. The molecule has 92 valence electrons. The second kappa shape index (κ2) is 5.31. The van der Waals surface area contributed by atoms with E-state index < -0.39 is 6.04 Å². The molecule has 1 aromatic heterocycles. The molecule has 0 aliphatic rings. The fourth-order valence-electron chi connectivity index (χ4n) is 1.54. The highest BCUT2D eigenvalue weighted by Gasteiger charge is 2.23. The van der Waals surface area contributed by atoms with Gasteiger partial charge in [-0.1, -0.05) is 18.2 Å². The van der Waals surface area contributed by atoms with Crippen LogP contribution in [0.15, 0.2) is 53.1 Å². The molecule has 0 aliphatic carbocycles. The Kier molecular flexibility index (Phi) is 3.57. The van der Waals surface area contributed by atoms with Crippen molar-refractivity contribution in [3.63, 3.8) is 0 Å². The molecular weight excluding hydrogens is 230 g/mol. The molecule has 4 nitrogen and oxygen atoms in total. The Balaban J connectivity index is 2.16. The number of hydroxylamine groups is 1. The van der Waals surface area contributed by atoms with Crippen LogP contribution in [-0.2, 0) is 0 Å². The third-order valence-electron chi connectivity index (χ3n) is 2.60. The van der Waals surface area contributed by atoms with Gasteiger partial charge in [-0.25, -0.2) is 4.74 Å². The summed E-state index contributed by atoms with van der Waals surface area (Å²) in [7, 11) is 0. The quantitative estimate of drug-likeness (QED) is 0.272. The highest BCUT2D eigenvalue weighted by Crippen LogP contribution is 2.06. The summed E-state index contributed by atoms with van der Waals surface area (Å²) >= 11 is 0. The summed E-state index contributed by atoms with van der Waals surface area (Å²) in [5, 5.41) is 11.8. The van der Waals surface area contributed by atoms with Crippen LogP contribution in [0.25, 0.3) is 0 Å². The number of ketones is 1. The van der Waals surface area contributed by atoms with Gasteiger partial charge in [0.05, 0.1) is 6.26 Å². The van der Waals surface area contributed by atoms with Crippen LogP contribution < -0.4 is 0 Å². The number of hydrogen-bond donors (Lipinski definition) is 0. The van der Waals surface area contributed by atoms with Crippen LogP contribution >= 0.6 is 0 Å². The van der Waals surface area contributed by atoms with Gasteiger partial charge in [0, 0.05) is 12.5 Å². The lowest BCUT2D eigenvalue weighted by Crippen LogP contribution is -2.28. The third-order valence-corrected chi connectivity index (χ3v) is 2.60. The van der Waals surface area contributed by atoms with E-state index in [1.54, 1.807) is 31.2 Å². The van der Waals surface area contributed by atoms with E-state index in [0.717, 1.165) is 5.56 Å². The second-order valence-electron chi connectivity index (χ2n) is 3.92. The normalized spacial score (nSPS) is 13.3. The van der Waals surface area contributed by atoms with Crippen molar-refractivity contribution in [2.45, 2.75) is 13.0 Å². The highest BCUT2D eigenvalue weighted by atomic mass is 16.5. The Labute approximate surface area is 105 Å². The summed E-state index contributed by atoms with van der Waals surface area (Å²) in [4.78, 5) is 11.9. The van der Waals surface area contributed by atoms with Gasteiger partial charge in [-0.3, -0.25) is 4.79 Å². The molecule has 4 heteroatoms. The summed E-state index contributed by atoms with van der Waals surface area (Å²) < 4.78 is 5.63. The van der Waals surface area contributed by atoms with Crippen LogP contribution in [0.2, 0.25) is 0 Å². The van der Waals surface area contributed by atoms with E-state index >= 15 is 0 Å². The Morgan fingerprint density at radius 1 is 1.28 bits per heavy atom. The summed E-state index contributed by atoms with van der Waals surface area (Å²) in [6.07, 6.45) is 2.81. The molecule has 2 aromatic rings. The number of hydrogen-bond acceptors (Lipinski definition) is 3. The number of nitrogens with zero attached hydrogens (tertiary/aromatic N) is 1. The molecule has 0 saturated heterocycles. The van der Waals surface area contributed by atoms with Crippen LogP contribution in [0.4, 0.5) is 0 Å². The molecule has 0 N–H and O–H groups in total. The largest absolute Gasteiger partial charge is 0.623 e. The van der Waals surface area contributed by atoms with Gasteiger partial charge in [0.25, 0.3) is 5.78 Å². The molecule has 0 amide bonds. The minimum atomic E-state index is -0.809. The van der Waals surface area contributed by atoms with E-state index in [0.29, 0.717) is 4.74 Å². The first kappa shape index (κ1) is 12.1. The zero-order valence-corrected chi connectivity index (χ0v) is 9.95. The van der Waals surface area contributed by atoms with Gasteiger partial charge < -0.3 is 9.62 Å². The molecule has 0 fully saturated rings. The zero-order valence-electron chi connectivity index (χ0n) is 9.95. The molecule has 0 radical (unpaired) electrons. The van der Waals surface area contributed by atoms with E-state index in [1.165, 1.54) is 12.5 Å². The first-order valence-corrected chi connectivity index (χ1v) is 5.61. The van der Waals surface area contributed by atoms with Gasteiger partial charge in [-0.15, -0.1) is 0 Å². The molecule has 0 spiro atoms. The van der Waals surface area contributed by atoms with E-state index in [4.69, 9.17) is 4.42 Å². The molecule has 0 saturated carbocycles. The molecule has 1 heterocycles. The maximum absolute atomic E-state index is 11.9. The van der Waals surface area contributed by atoms with Crippen molar-refractivity contribution in [3.8, 4) is 0 Å². The maximum Gasteiger partial charge on any atom is 0.266 e. The van der Waals surface area contributed by atoms with Crippen molar-refractivity contribution in [1.29, 1.82) is 0 Å². The summed E-state index contributed by atoms with van der Waals surface area (Å²) in [5.41, 5.74) is 0.756. The van der Waals surface area contributed by atoms with Gasteiger partial charge in [0.2, 0.25) is 6.04 Å². The van der Waals surface area contributed by atoms with Gasteiger partial charge >= 0.3 is 0 Å². The van der Waals surface area contributed by atoms with E-state index in [1.807, 2.05) is 18.2 Å². The monoisotopic (exact) mass is 243 g/mol. The van der Waals surface area contributed by atoms with Crippen molar-refractivity contribution in [3.05, 3.63) is 65.3 Å². The van der Waals surface area contributed by atoms with Crippen molar-refractivity contribution >= 4 is 12.0 Å². The summed E-state index contributed by atoms with van der Waals surface area (Å²) in [5.74, 6) is -0.132. The molecule has 18 heavy (non-hydrogen) atoms. The predicted octanol–water partition coefficient (Wildman–Crippen LogP) is 2.48. The van der Waals surface area contributed by atoms with Crippen LogP contribution in [0.3, 0.4) is 0 Å². The number of carbonyl (C=O) groups excluding carboxylic acids is 1. The number of rotatable bonds is 4.